The largest absolute Gasteiger partial charge is 0.490 e. The Labute approximate surface area is 92.8 Å². The lowest BCUT2D eigenvalue weighted by atomic mass is 9.91. The van der Waals surface area contributed by atoms with Gasteiger partial charge in [-0.3, -0.25) is 4.98 Å². The van der Waals surface area contributed by atoms with Crippen LogP contribution in [0.1, 0.15) is 25.5 Å². The molecule has 0 bridgehead atoms. The van der Waals surface area contributed by atoms with Gasteiger partial charge in [-0.25, -0.2) is 8.78 Å². The molecule has 1 atom stereocenters. The van der Waals surface area contributed by atoms with Crippen LogP contribution in [0.2, 0.25) is 0 Å². The van der Waals surface area contributed by atoms with E-state index >= 15 is 0 Å². The molecule has 0 radical (unpaired) electrons. The number of pyridine rings is 1. The number of aromatic nitrogens is 1. The van der Waals surface area contributed by atoms with Crippen LogP contribution in [0.4, 0.5) is 8.78 Å². The Bertz CT molecular complexity index is 350. The summed E-state index contributed by atoms with van der Waals surface area (Å²) in [5.74, 6) is 0.527. The third-order valence-electron chi connectivity index (χ3n) is 2.77. The molecular weight excluding hydrogens is 214 g/mol. The zero-order chi connectivity index (χ0) is 11.6. The van der Waals surface area contributed by atoms with Crippen LogP contribution in [-0.4, -0.2) is 23.7 Å². The van der Waals surface area contributed by atoms with E-state index in [0.29, 0.717) is 12.4 Å². The Morgan fingerprint density at radius 2 is 2.31 bits per heavy atom. The summed E-state index contributed by atoms with van der Waals surface area (Å²) in [5.41, 5.74) is -0.207. The van der Waals surface area contributed by atoms with E-state index in [1.54, 1.807) is 0 Å². The van der Waals surface area contributed by atoms with E-state index in [4.69, 9.17) is 4.74 Å². The van der Waals surface area contributed by atoms with Crippen molar-refractivity contribution in [2.75, 3.05) is 13.2 Å². The Morgan fingerprint density at radius 3 is 2.75 bits per heavy atom. The molecule has 1 saturated heterocycles. The number of hydrogen-bond acceptors (Lipinski definition) is 3. The summed E-state index contributed by atoms with van der Waals surface area (Å²) >= 11 is 0. The van der Waals surface area contributed by atoms with Crippen LogP contribution in [0.5, 0.6) is 5.75 Å². The van der Waals surface area contributed by atoms with Crippen LogP contribution < -0.4 is 10.1 Å². The number of alkyl halides is 2. The minimum atomic E-state index is -2.53. The zero-order valence-electron chi connectivity index (χ0n) is 9.04. The van der Waals surface area contributed by atoms with Gasteiger partial charge in [-0.1, -0.05) is 0 Å². The fourth-order valence-electron chi connectivity index (χ4n) is 1.52. The fourth-order valence-corrected chi connectivity index (χ4v) is 1.52. The van der Waals surface area contributed by atoms with E-state index in [1.165, 1.54) is 18.3 Å². The SMILES string of the molecule is C[C@@]1(COc2ccc(C(F)F)nc2)CCN1. The van der Waals surface area contributed by atoms with Crippen molar-refractivity contribution >= 4 is 0 Å². The lowest BCUT2D eigenvalue weighted by molar-refractivity contribution is 0.131. The van der Waals surface area contributed by atoms with E-state index in [9.17, 15) is 8.78 Å². The van der Waals surface area contributed by atoms with E-state index in [0.717, 1.165) is 13.0 Å². The predicted molar refractivity (Wildman–Crippen MR) is 55.7 cm³/mol. The first kappa shape index (κ1) is 11.3. The molecule has 0 unspecified atom stereocenters. The molecule has 2 heterocycles. The second-order valence-corrected chi connectivity index (χ2v) is 4.25. The van der Waals surface area contributed by atoms with E-state index in [2.05, 4.69) is 17.2 Å². The Morgan fingerprint density at radius 1 is 1.56 bits per heavy atom. The minimum Gasteiger partial charge on any atom is -0.490 e. The van der Waals surface area contributed by atoms with Gasteiger partial charge in [0.2, 0.25) is 0 Å². The molecule has 0 aromatic carbocycles. The molecule has 16 heavy (non-hydrogen) atoms. The highest BCUT2D eigenvalue weighted by atomic mass is 19.3. The van der Waals surface area contributed by atoms with Crippen LogP contribution in [0.15, 0.2) is 18.3 Å². The third-order valence-corrected chi connectivity index (χ3v) is 2.77. The normalized spacial score (nSPS) is 24.2. The zero-order valence-corrected chi connectivity index (χ0v) is 9.04. The Balaban J connectivity index is 1.90. The summed E-state index contributed by atoms with van der Waals surface area (Å²) in [4.78, 5) is 3.63. The monoisotopic (exact) mass is 228 g/mol. The highest BCUT2D eigenvalue weighted by Crippen LogP contribution is 2.21. The van der Waals surface area contributed by atoms with Gasteiger partial charge in [-0.05, 0) is 32.0 Å². The summed E-state index contributed by atoms with van der Waals surface area (Å²) in [6, 6.07) is 2.81. The van der Waals surface area contributed by atoms with Gasteiger partial charge in [0.15, 0.2) is 0 Å². The first-order chi connectivity index (χ1) is 7.59. The average Bonchev–Trinajstić information content (AvgIpc) is 2.24. The topological polar surface area (TPSA) is 34.1 Å². The number of nitrogens with zero attached hydrogens (tertiary/aromatic N) is 1. The standard InChI is InChI=1S/C11H14F2N2O/c1-11(4-5-15-11)7-16-8-2-3-9(10(12)13)14-6-8/h2-3,6,10,15H,4-5,7H2,1H3/t11-/m0/s1. The summed E-state index contributed by atoms with van der Waals surface area (Å²) in [6.07, 6.45) is -0.126. The Kier molecular flexibility index (Phi) is 3.05. The molecule has 5 heteroatoms. The predicted octanol–water partition coefficient (Wildman–Crippen LogP) is 2.15. The number of rotatable bonds is 4. The van der Waals surface area contributed by atoms with Gasteiger partial charge in [0.1, 0.15) is 18.1 Å². The molecule has 2 rings (SSSR count). The number of nitrogens with one attached hydrogen (secondary N) is 1. The van der Waals surface area contributed by atoms with Crippen molar-refractivity contribution in [1.29, 1.82) is 0 Å². The Hall–Kier alpha value is -1.23. The smallest absolute Gasteiger partial charge is 0.280 e. The van der Waals surface area contributed by atoms with Crippen LogP contribution in [0.3, 0.4) is 0 Å². The van der Waals surface area contributed by atoms with Crippen molar-refractivity contribution in [3.63, 3.8) is 0 Å². The van der Waals surface area contributed by atoms with E-state index < -0.39 is 6.43 Å². The number of hydrogen-bond donors (Lipinski definition) is 1. The number of halogens is 2. The summed E-state index contributed by atoms with van der Waals surface area (Å²) in [7, 11) is 0. The molecule has 3 nitrogen and oxygen atoms in total. The first-order valence-corrected chi connectivity index (χ1v) is 5.21. The molecule has 1 N–H and O–H groups in total. The quantitative estimate of drug-likeness (QED) is 0.857. The highest BCUT2D eigenvalue weighted by Gasteiger charge is 2.31. The fraction of sp³-hybridized carbons (Fsp3) is 0.545. The summed E-state index contributed by atoms with van der Waals surface area (Å²) < 4.78 is 29.9. The van der Waals surface area contributed by atoms with Gasteiger partial charge in [-0.2, -0.15) is 0 Å². The summed E-state index contributed by atoms with van der Waals surface area (Å²) in [6.45, 7) is 3.60. The van der Waals surface area contributed by atoms with Gasteiger partial charge >= 0.3 is 0 Å². The molecule has 1 aliphatic heterocycles. The lowest BCUT2D eigenvalue weighted by Gasteiger charge is -2.39. The maximum Gasteiger partial charge on any atom is 0.280 e. The van der Waals surface area contributed by atoms with E-state index in [1.807, 2.05) is 0 Å². The van der Waals surface area contributed by atoms with Gasteiger partial charge in [0, 0.05) is 0 Å². The summed E-state index contributed by atoms with van der Waals surface area (Å²) in [5, 5.41) is 3.26. The van der Waals surface area contributed by atoms with Gasteiger partial charge in [-0.15, -0.1) is 0 Å². The van der Waals surface area contributed by atoms with Crippen molar-refractivity contribution in [3.8, 4) is 5.75 Å². The molecule has 1 fully saturated rings. The minimum absolute atomic E-state index is 0.0153. The van der Waals surface area contributed by atoms with Crippen LogP contribution in [0.25, 0.3) is 0 Å². The molecule has 88 valence electrons. The molecule has 0 aliphatic carbocycles. The second kappa shape index (κ2) is 4.33. The molecule has 1 aromatic rings. The van der Waals surface area contributed by atoms with Crippen molar-refractivity contribution in [2.24, 2.45) is 0 Å². The molecule has 0 amide bonds. The van der Waals surface area contributed by atoms with Crippen molar-refractivity contribution < 1.29 is 13.5 Å². The highest BCUT2D eigenvalue weighted by molar-refractivity contribution is 5.20. The van der Waals surface area contributed by atoms with E-state index in [-0.39, 0.29) is 11.2 Å². The van der Waals surface area contributed by atoms with Crippen LogP contribution in [0, 0.1) is 0 Å². The molecule has 0 saturated carbocycles. The number of ether oxygens (including phenoxy) is 1. The first-order valence-electron chi connectivity index (χ1n) is 5.21. The van der Waals surface area contributed by atoms with Crippen LogP contribution >= 0.6 is 0 Å². The molecule has 0 spiro atoms. The maximum absolute atomic E-state index is 12.2. The van der Waals surface area contributed by atoms with Gasteiger partial charge in [0.05, 0.1) is 11.7 Å². The van der Waals surface area contributed by atoms with Gasteiger partial charge < -0.3 is 10.1 Å². The van der Waals surface area contributed by atoms with Crippen molar-refractivity contribution in [3.05, 3.63) is 24.0 Å². The average molecular weight is 228 g/mol. The maximum atomic E-state index is 12.2. The third kappa shape index (κ3) is 2.47. The molecular formula is C11H14F2N2O. The second-order valence-electron chi connectivity index (χ2n) is 4.25. The molecule has 1 aliphatic rings. The van der Waals surface area contributed by atoms with Gasteiger partial charge in [0.25, 0.3) is 6.43 Å². The lowest BCUT2D eigenvalue weighted by Crippen LogP contribution is -2.58. The van der Waals surface area contributed by atoms with Crippen molar-refractivity contribution in [1.82, 2.24) is 10.3 Å². The molecule has 1 aromatic heterocycles. The van der Waals surface area contributed by atoms with Crippen molar-refractivity contribution in [2.45, 2.75) is 25.3 Å². The van der Waals surface area contributed by atoms with Crippen LogP contribution in [-0.2, 0) is 0 Å².